The third kappa shape index (κ3) is 4.02. The summed E-state index contributed by atoms with van der Waals surface area (Å²) in [6.07, 6.45) is 2.48. The fraction of sp³-hybridized carbons (Fsp3) is 0.700. The smallest absolute Gasteiger partial charge is 0.309 e. The van der Waals surface area contributed by atoms with Crippen LogP contribution in [0.15, 0.2) is 0 Å². The first kappa shape index (κ1) is 11.0. The monoisotopic (exact) mass is 168 g/mol. The minimum atomic E-state index is -0.139. The van der Waals surface area contributed by atoms with E-state index in [9.17, 15) is 4.79 Å². The maximum atomic E-state index is 11.1. The molecule has 0 aliphatic carbocycles. The van der Waals surface area contributed by atoms with E-state index in [1.165, 1.54) is 7.11 Å². The van der Waals surface area contributed by atoms with Crippen LogP contribution in [0, 0.1) is 17.8 Å². The van der Waals surface area contributed by atoms with Crippen LogP contribution in [-0.4, -0.2) is 13.1 Å². The summed E-state index contributed by atoms with van der Waals surface area (Å²) in [4.78, 5) is 11.1. The molecule has 12 heavy (non-hydrogen) atoms. The van der Waals surface area contributed by atoms with Crippen LogP contribution in [0.2, 0.25) is 0 Å². The molecule has 0 saturated carbocycles. The summed E-state index contributed by atoms with van der Waals surface area (Å²) in [6, 6.07) is 0. The van der Waals surface area contributed by atoms with Gasteiger partial charge in [0.1, 0.15) is 0 Å². The summed E-state index contributed by atoms with van der Waals surface area (Å²) in [5.74, 6) is 5.50. The molecule has 0 aliphatic rings. The largest absolute Gasteiger partial charge is 0.469 e. The van der Waals surface area contributed by atoms with Gasteiger partial charge in [-0.05, 0) is 13.3 Å². The van der Waals surface area contributed by atoms with Gasteiger partial charge in [-0.1, -0.05) is 13.3 Å². The van der Waals surface area contributed by atoms with Gasteiger partial charge in [0.15, 0.2) is 0 Å². The van der Waals surface area contributed by atoms with Gasteiger partial charge in [0, 0.05) is 6.42 Å². The maximum absolute atomic E-state index is 11.1. The van der Waals surface area contributed by atoms with Crippen LogP contribution in [-0.2, 0) is 9.53 Å². The van der Waals surface area contributed by atoms with Crippen molar-refractivity contribution in [2.75, 3.05) is 7.11 Å². The zero-order valence-corrected chi connectivity index (χ0v) is 8.02. The van der Waals surface area contributed by atoms with Gasteiger partial charge in [-0.25, -0.2) is 0 Å². The average molecular weight is 168 g/mol. The third-order valence-electron chi connectivity index (χ3n) is 1.70. The van der Waals surface area contributed by atoms with E-state index in [1.807, 2.05) is 0 Å². The number of rotatable bonds is 4. The van der Waals surface area contributed by atoms with Crippen LogP contribution in [0.25, 0.3) is 0 Å². The number of ether oxygens (including phenoxy) is 1. The van der Waals surface area contributed by atoms with Gasteiger partial charge in [0.05, 0.1) is 13.0 Å². The average Bonchev–Trinajstić information content (AvgIpc) is 2.11. The summed E-state index contributed by atoms with van der Waals surface area (Å²) < 4.78 is 4.66. The predicted molar refractivity (Wildman–Crippen MR) is 48.5 cm³/mol. The second-order valence-electron chi connectivity index (χ2n) is 2.64. The quantitative estimate of drug-likeness (QED) is 0.474. The van der Waals surface area contributed by atoms with E-state index in [0.29, 0.717) is 6.42 Å². The Bertz CT molecular complexity index is 186. The summed E-state index contributed by atoms with van der Waals surface area (Å²) in [5, 5.41) is 0. The highest BCUT2D eigenvalue weighted by Crippen LogP contribution is 2.11. The molecule has 0 fully saturated rings. The van der Waals surface area contributed by atoms with Crippen molar-refractivity contribution in [1.29, 1.82) is 0 Å². The number of carbonyl (C=O) groups is 1. The lowest BCUT2D eigenvalue weighted by Crippen LogP contribution is -2.15. The van der Waals surface area contributed by atoms with Crippen molar-refractivity contribution in [2.45, 2.75) is 33.1 Å². The lowest BCUT2D eigenvalue weighted by molar-refractivity contribution is -0.145. The fourth-order valence-electron chi connectivity index (χ4n) is 1.04. The maximum Gasteiger partial charge on any atom is 0.309 e. The Hall–Kier alpha value is -0.970. The van der Waals surface area contributed by atoms with Gasteiger partial charge >= 0.3 is 5.97 Å². The molecule has 0 bridgehead atoms. The van der Waals surface area contributed by atoms with Crippen molar-refractivity contribution < 1.29 is 9.53 Å². The zero-order valence-electron chi connectivity index (χ0n) is 8.02. The van der Waals surface area contributed by atoms with E-state index in [1.54, 1.807) is 6.92 Å². The number of hydrogen-bond donors (Lipinski definition) is 0. The Morgan fingerprint density at radius 3 is 2.67 bits per heavy atom. The molecule has 0 aromatic carbocycles. The minimum Gasteiger partial charge on any atom is -0.469 e. The lowest BCUT2D eigenvalue weighted by atomic mass is 10.0. The first-order valence-electron chi connectivity index (χ1n) is 4.23. The Labute approximate surface area is 74.3 Å². The highest BCUT2D eigenvalue weighted by Gasteiger charge is 2.16. The van der Waals surface area contributed by atoms with E-state index in [-0.39, 0.29) is 11.9 Å². The molecular weight excluding hydrogens is 152 g/mol. The number of esters is 1. The predicted octanol–water partition coefficient (Wildman–Crippen LogP) is 1.99. The SMILES string of the molecule is CC#CCC(CCC)C(=O)OC. The van der Waals surface area contributed by atoms with Crippen LogP contribution in [0.3, 0.4) is 0 Å². The van der Waals surface area contributed by atoms with Crippen molar-refractivity contribution in [3.63, 3.8) is 0 Å². The van der Waals surface area contributed by atoms with Crippen LogP contribution in [0.1, 0.15) is 33.1 Å². The van der Waals surface area contributed by atoms with E-state index >= 15 is 0 Å². The topological polar surface area (TPSA) is 26.3 Å². The third-order valence-corrected chi connectivity index (χ3v) is 1.70. The molecule has 1 unspecified atom stereocenters. The van der Waals surface area contributed by atoms with Crippen LogP contribution in [0.4, 0.5) is 0 Å². The van der Waals surface area contributed by atoms with Gasteiger partial charge in [0.25, 0.3) is 0 Å². The van der Waals surface area contributed by atoms with Crippen molar-refractivity contribution in [3.05, 3.63) is 0 Å². The summed E-state index contributed by atoms with van der Waals surface area (Å²) in [7, 11) is 1.42. The highest BCUT2D eigenvalue weighted by molar-refractivity contribution is 5.72. The number of hydrogen-bond acceptors (Lipinski definition) is 2. The van der Waals surface area contributed by atoms with E-state index < -0.39 is 0 Å². The van der Waals surface area contributed by atoms with Crippen molar-refractivity contribution in [3.8, 4) is 11.8 Å². The molecular formula is C10H16O2. The summed E-state index contributed by atoms with van der Waals surface area (Å²) >= 11 is 0. The number of carbonyl (C=O) groups excluding carboxylic acids is 1. The molecule has 0 saturated heterocycles. The molecule has 68 valence electrons. The zero-order chi connectivity index (χ0) is 9.40. The molecule has 0 spiro atoms. The van der Waals surface area contributed by atoms with Crippen molar-refractivity contribution >= 4 is 5.97 Å². The Kier molecular flexibility index (Phi) is 6.18. The van der Waals surface area contributed by atoms with Gasteiger partial charge in [-0.2, -0.15) is 0 Å². The van der Waals surface area contributed by atoms with Gasteiger partial charge in [0.2, 0.25) is 0 Å². The van der Waals surface area contributed by atoms with Gasteiger partial charge in [-0.3, -0.25) is 4.79 Å². The molecule has 1 atom stereocenters. The van der Waals surface area contributed by atoms with Crippen LogP contribution in [0.5, 0.6) is 0 Å². The first-order valence-corrected chi connectivity index (χ1v) is 4.23. The lowest BCUT2D eigenvalue weighted by Gasteiger charge is -2.09. The first-order chi connectivity index (χ1) is 5.76. The highest BCUT2D eigenvalue weighted by atomic mass is 16.5. The Balaban J connectivity index is 3.99. The standard InChI is InChI=1S/C10H16O2/c1-4-6-8-9(7-5-2)10(11)12-3/h9H,5,7-8H2,1-3H3. The second kappa shape index (κ2) is 6.72. The van der Waals surface area contributed by atoms with Crippen LogP contribution >= 0.6 is 0 Å². The molecule has 0 N–H and O–H groups in total. The van der Waals surface area contributed by atoms with E-state index in [2.05, 4.69) is 23.5 Å². The van der Waals surface area contributed by atoms with Gasteiger partial charge < -0.3 is 4.74 Å². The summed E-state index contributed by atoms with van der Waals surface area (Å²) in [5.41, 5.74) is 0. The van der Waals surface area contributed by atoms with Gasteiger partial charge in [-0.15, -0.1) is 11.8 Å². The molecule has 0 aromatic heterocycles. The molecule has 2 heteroatoms. The molecule has 0 radical (unpaired) electrons. The summed E-state index contributed by atoms with van der Waals surface area (Å²) in [6.45, 7) is 3.83. The number of methoxy groups -OCH3 is 1. The van der Waals surface area contributed by atoms with Crippen molar-refractivity contribution in [1.82, 2.24) is 0 Å². The molecule has 0 aromatic rings. The molecule has 0 amide bonds. The minimum absolute atomic E-state index is 0.0348. The second-order valence-corrected chi connectivity index (χ2v) is 2.64. The molecule has 0 aliphatic heterocycles. The molecule has 0 rings (SSSR count). The Morgan fingerprint density at radius 2 is 2.25 bits per heavy atom. The Morgan fingerprint density at radius 1 is 1.58 bits per heavy atom. The molecule has 2 nitrogen and oxygen atoms in total. The van der Waals surface area contributed by atoms with Crippen LogP contribution < -0.4 is 0 Å². The van der Waals surface area contributed by atoms with E-state index in [4.69, 9.17) is 0 Å². The fourth-order valence-corrected chi connectivity index (χ4v) is 1.04. The van der Waals surface area contributed by atoms with E-state index in [0.717, 1.165) is 12.8 Å². The van der Waals surface area contributed by atoms with Crippen molar-refractivity contribution in [2.24, 2.45) is 5.92 Å². The normalized spacial score (nSPS) is 11.2. The molecule has 0 heterocycles.